The van der Waals surface area contributed by atoms with Crippen LogP contribution < -0.4 is 16.4 Å². The molecule has 0 bridgehead atoms. The Morgan fingerprint density at radius 2 is 1.87 bits per heavy atom. The number of benzene rings is 2. The van der Waals surface area contributed by atoms with E-state index in [4.69, 9.17) is 10.8 Å². The van der Waals surface area contributed by atoms with E-state index in [2.05, 4.69) is 34.9 Å². The smallest absolute Gasteiger partial charge is 0.245 e. The van der Waals surface area contributed by atoms with E-state index in [-0.39, 0.29) is 11.9 Å². The van der Waals surface area contributed by atoms with E-state index < -0.39 is 6.61 Å². The summed E-state index contributed by atoms with van der Waals surface area (Å²) in [5.41, 5.74) is 9.85. The monoisotopic (exact) mass is 313 g/mol. The van der Waals surface area contributed by atoms with Crippen LogP contribution in [-0.2, 0) is 11.2 Å². The molecule has 5 N–H and O–H groups in total. The number of nitrogen functional groups attached to an aromatic ring is 1. The van der Waals surface area contributed by atoms with E-state index in [0.717, 1.165) is 12.1 Å². The number of para-hydroxylation sites is 2. The number of hydrogen-bond acceptors (Lipinski definition) is 4. The van der Waals surface area contributed by atoms with Crippen molar-refractivity contribution in [1.82, 2.24) is 5.32 Å². The van der Waals surface area contributed by atoms with Crippen molar-refractivity contribution in [1.29, 1.82) is 0 Å². The highest BCUT2D eigenvalue weighted by atomic mass is 16.3. The number of aliphatic hydroxyl groups is 1. The summed E-state index contributed by atoms with van der Waals surface area (Å²) >= 11 is 0. The van der Waals surface area contributed by atoms with Gasteiger partial charge in [0.2, 0.25) is 5.91 Å². The molecule has 1 amide bonds. The van der Waals surface area contributed by atoms with Gasteiger partial charge in [0.1, 0.15) is 6.61 Å². The molecule has 23 heavy (non-hydrogen) atoms. The third-order valence-electron chi connectivity index (χ3n) is 3.61. The number of nitrogens with two attached hydrogens (primary N) is 1. The highest BCUT2D eigenvalue weighted by Crippen LogP contribution is 2.19. The van der Waals surface area contributed by atoms with Crippen LogP contribution >= 0.6 is 0 Å². The third kappa shape index (κ3) is 5.30. The molecule has 0 saturated heterocycles. The molecule has 0 unspecified atom stereocenters. The average Bonchev–Trinajstić information content (AvgIpc) is 2.56. The molecule has 0 saturated carbocycles. The van der Waals surface area contributed by atoms with E-state index in [1.807, 2.05) is 31.2 Å². The molecule has 0 spiro atoms. The Kier molecular flexibility index (Phi) is 6.00. The lowest BCUT2D eigenvalue weighted by Gasteiger charge is -2.21. The Bertz CT molecular complexity index is 641. The summed E-state index contributed by atoms with van der Waals surface area (Å²) in [4.78, 5) is 11.3. The Morgan fingerprint density at radius 3 is 2.52 bits per heavy atom. The molecule has 0 aliphatic heterocycles. The average molecular weight is 313 g/mol. The molecule has 122 valence electrons. The van der Waals surface area contributed by atoms with Gasteiger partial charge in [0.05, 0.1) is 11.4 Å². The molecule has 2 rings (SSSR count). The summed E-state index contributed by atoms with van der Waals surface area (Å²) < 4.78 is 0. The predicted octanol–water partition coefficient (Wildman–Crippen LogP) is 1.71. The van der Waals surface area contributed by atoms with Gasteiger partial charge in [-0.3, -0.25) is 4.79 Å². The van der Waals surface area contributed by atoms with Crippen molar-refractivity contribution in [2.45, 2.75) is 19.4 Å². The topological polar surface area (TPSA) is 87.4 Å². The van der Waals surface area contributed by atoms with Crippen LogP contribution in [-0.4, -0.2) is 30.2 Å². The van der Waals surface area contributed by atoms with E-state index in [1.165, 1.54) is 11.1 Å². The predicted molar refractivity (Wildman–Crippen MR) is 93.2 cm³/mol. The molecule has 2 aromatic carbocycles. The fourth-order valence-corrected chi connectivity index (χ4v) is 2.32. The zero-order valence-corrected chi connectivity index (χ0v) is 13.3. The van der Waals surface area contributed by atoms with E-state index in [9.17, 15) is 4.79 Å². The van der Waals surface area contributed by atoms with Crippen molar-refractivity contribution in [3.63, 3.8) is 0 Å². The van der Waals surface area contributed by atoms with Gasteiger partial charge in [-0.05, 0) is 31.0 Å². The summed E-state index contributed by atoms with van der Waals surface area (Å²) in [7, 11) is 0. The lowest BCUT2D eigenvalue weighted by atomic mass is 10.0. The van der Waals surface area contributed by atoms with Crippen LogP contribution in [0.1, 0.15) is 11.1 Å². The lowest BCUT2D eigenvalue weighted by Crippen LogP contribution is -2.39. The Morgan fingerprint density at radius 1 is 1.17 bits per heavy atom. The number of carbonyl (C=O) groups is 1. The standard InChI is InChI=1S/C18H23N3O2/c1-13-6-8-14(9-7-13)10-15(11-20-18(23)12-22)21-17-5-3-2-4-16(17)19/h2-9,15,21-22H,10-12,19H2,1H3,(H,20,23)/t15-/m1/s1. The van der Waals surface area contributed by atoms with Gasteiger partial charge < -0.3 is 21.5 Å². The first kappa shape index (κ1) is 16.8. The van der Waals surface area contributed by atoms with Gasteiger partial charge in [-0.15, -0.1) is 0 Å². The van der Waals surface area contributed by atoms with Gasteiger partial charge in [0, 0.05) is 12.6 Å². The van der Waals surface area contributed by atoms with Gasteiger partial charge in [-0.2, -0.15) is 0 Å². The maximum absolute atomic E-state index is 11.3. The highest BCUT2D eigenvalue weighted by molar-refractivity contribution is 5.77. The molecule has 0 aliphatic rings. The van der Waals surface area contributed by atoms with Crippen LogP contribution in [0.4, 0.5) is 11.4 Å². The van der Waals surface area contributed by atoms with Crippen molar-refractivity contribution in [3.8, 4) is 0 Å². The molecule has 0 aromatic heterocycles. The summed E-state index contributed by atoms with van der Waals surface area (Å²) in [5.74, 6) is -0.387. The molecule has 5 nitrogen and oxygen atoms in total. The Hall–Kier alpha value is -2.53. The fourth-order valence-electron chi connectivity index (χ4n) is 2.32. The lowest BCUT2D eigenvalue weighted by molar-refractivity contribution is -0.123. The first-order valence-electron chi connectivity index (χ1n) is 7.62. The van der Waals surface area contributed by atoms with Crippen LogP contribution in [0.3, 0.4) is 0 Å². The molecule has 5 heteroatoms. The molecule has 0 heterocycles. The maximum Gasteiger partial charge on any atom is 0.245 e. The maximum atomic E-state index is 11.3. The largest absolute Gasteiger partial charge is 0.397 e. The third-order valence-corrected chi connectivity index (χ3v) is 3.61. The second kappa shape index (κ2) is 8.19. The number of hydrogen-bond donors (Lipinski definition) is 4. The second-order valence-electron chi connectivity index (χ2n) is 5.58. The fraction of sp³-hybridized carbons (Fsp3) is 0.278. The van der Waals surface area contributed by atoms with Gasteiger partial charge in [-0.25, -0.2) is 0 Å². The van der Waals surface area contributed by atoms with Crippen molar-refractivity contribution in [2.24, 2.45) is 0 Å². The van der Waals surface area contributed by atoms with Gasteiger partial charge in [0.15, 0.2) is 0 Å². The van der Waals surface area contributed by atoms with Crippen molar-refractivity contribution in [3.05, 3.63) is 59.7 Å². The first-order valence-corrected chi connectivity index (χ1v) is 7.62. The number of carbonyl (C=O) groups excluding carboxylic acids is 1. The number of anilines is 2. The van der Waals surface area contributed by atoms with Crippen LogP contribution in [0.2, 0.25) is 0 Å². The molecule has 0 radical (unpaired) electrons. The molecule has 0 aliphatic carbocycles. The van der Waals surface area contributed by atoms with Crippen molar-refractivity contribution < 1.29 is 9.90 Å². The molecular weight excluding hydrogens is 290 g/mol. The first-order chi connectivity index (χ1) is 11.1. The Labute approximate surface area is 136 Å². The van der Waals surface area contributed by atoms with Crippen LogP contribution in [0, 0.1) is 6.92 Å². The van der Waals surface area contributed by atoms with E-state index in [0.29, 0.717) is 12.2 Å². The minimum absolute atomic E-state index is 0.0297. The molecule has 1 atom stereocenters. The SMILES string of the molecule is Cc1ccc(C[C@H](CNC(=O)CO)Nc2ccccc2N)cc1. The van der Waals surface area contributed by atoms with E-state index >= 15 is 0 Å². The number of aryl methyl sites for hydroxylation is 1. The highest BCUT2D eigenvalue weighted by Gasteiger charge is 2.12. The minimum atomic E-state index is -0.509. The van der Waals surface area contributed by atoms with E-state index in [1.54, 1.807) is 0 Å². The zero-order chi connectivity index (χ0) is 16.7. The molecule has 2 aromatic rings. The van der Waals surface area contributed by atoms with Gasteiger partial charge in [-0.1, -0.05) is 42.0 Å². The number of rotatable bonds is 7. The van der Waals surface area contributed by atoms with Crippen LogP contribution in [0.5, 0.6) is 0 Å². The van der Waals surface area contributed by atoms with Crippen molar-refractivity contribution >= 4 is 17.3 Å². The second-order valence-corrected chi connectivity index (χ2v) is 5.58. The van der Waals surface area contributed by atoms with Gasteiger partial charge >= 0.3 is 0 Å². The quantitative estimate of drug-likeness (QED) is 0.586. The Balaban J connectivity index is 2.09. The number of nitrogens with one attached hydrogen (secondary N) is 2. The summed E-state index contributed by atoms with van der Waals surface area (Å²) in [6.07, 6.45) is 0.736. The summed E-state index contributed by atoms with van der Waals surface area (Å²) in [6.45, 7) is 1.94. The van der Waals surface area contributed by atoms with Gasteiger partial charge in [0.25, 0.3) is 0 Å². The normalized spacial score (nSPS) is 11.7. The number of amides is 1. The number of aliphatic hydroxyl groups excluding tert-OH is 1. The van der Waals surface area contributed by atoms with Crippen LogP contribution in [0.25, 0.3) is 0 Å². The zero-order valence-electron chi connectivity index (χ0n) is 13.3. The summed E-state index contributed by atoms with van der Waals surface area (Å²) in [6, 6.07) is 15.8. The summed E-state index contributed by atoms with van der Waals surface area (Å²) in [5, 5.41) is 14.9. The minimum Gasteiger partial charge on any atom is -0.397 e. The van der Waals surface area contributed by atoms with Crippen molar-refractivity contribution in [2.75, 3.05) is 24.2 Å². The molecule has 0 fully saturated rings. The van der Waals surface area contributed by atoms with Crippen LogP contribution in [0.15, 0.2) is 48.5 Å². The molecular formula is C18H23N3O2.